The monoisotopic (exact) mass is 566 g/mol. The summed E-state index contributed by atoms with van der Waals surface area (Å²) in [5, 5.41) is 1.06. The Hall–Kier alpha value is -2.77. The molecule has 0 bridgehead atoms. The summed E-state index contributed by atoms with van der Waals surface area (Å²) in [6.07, 6.45) is 7.94. The molecule has 0 radical (unpaired) electrons. The third kappa shape index (κ3) is 6.52. The minimum absolute atomic E-state index is 0.0570. The fraction of sp³-hybridized carbons (Fsp3) is 0.452. The van der Waals surface area contributed by atoms with Crippen molar-refractivity contribution in [3.63, 3.8) is 0 Å². The highest BCUT2D eigenvalue weighted by molar-refractivity contribution is 8.04. The second kappa shape index (κ2) is 12.6. The van der Waals surface area contributed by atoms with Crippen molar-refractivity contribution < 1.29 is 19.1 Å². The average molecular weight is 567 g/mol. The number of piperidine rings is 1. The van der Waals surface area contributed by atoms with Crippen molar-refractivity contribution >= 4 is 47.2 Å². The van der Waals surface area contributed by atoms with Gasteiger partial charge in [-0.05, 0) is 74.1 Å². The number of carbonyl (C=O) groups is 3. The Morgan fingerprint density at radius 1 is 1.08 bits per heavy atom. The van der Waals surface area contributed by atoms with E-state index < -0.39 is 0 Å². The summed E-state index contributed by atoms with van der Waals surface area (Å²) in [4.78, 5) is 43.6. The third-order valence-electron chi connectivity index (χ3n) is 7.84. The van der Waals surface area contributed by atoms with Gasteiger partial charge in [-0.15, -0.1) is 11.8 Å². The van der Waals surface area contributed by atoms with Crippen molar-refractivity contribution in [2.75, 3.05) is 19.7 Å². The van der Waals surface area contributed by atoms with Crippen molar-refractivity contribution in [3.8, 4) is 0 Å². The molecule has 2 aromatic rings. The molecular weight excluding hydrogens is 532 g/mol. The van der Waals surface area contributed by atoms with Crippen LogP contribution in [0.1, 0.15) is 66.9 Å². The number of carbonyl (C=O) groups excluding carboxylic acids is 3. The van der Waals surface area contributed by atoms with E-state index in [1.54, 1.807) is 23.6 Å². The maximum Gasteiger partial charge on any atom is 0.310 e. The standard InChI is InChI=1S/C31H35ClN2O4S/c1-2-38-31(37)24-8-6-16-33(20-24)29(35)23-14-12-21(13-15-23)18-28-30(36)34(19-22-7-5-9-25(32)17-22)26-10-3-4-11-27(26)39-28/h5,7,9,12-15,17-18,24,26-27H,2-4,6,8,10-11,16,19-20H2,1H3/b28-18+. The lowest BCUT2D eigenvalue weighted by molar-refractivity contribution is -0.149. The summed E-state index contributed by atoms with van der Waals surface area (Å²) >= 11 is 7.92. The highest BCUT2D eigenvalue weighted by Gasteiger charge is 2.40. The van der Waals surface area contributed by atoms with Gasteiger partial charge in [0.05, 0.1) is 17.4 Å². The Balaban J connectivity index is 1.31. The largest absolute Gasteiger partial charge is 0.466 e. The minimum Gasteiger partial charge on any atom is -0.466 e. The minimum atomic E-state index is -0.264. The number of nitrogens with zero attached hydrogens (tertiary/aromatic N) is 2. The maximum absolute atomic E-state index is 13.7. The van der Waals surface area contributed by atoms with Gasteiger partial charge in [0.15, 0.2) is 0 Å². The number of likely N-dealkylation sites (tertiary alicyclic amines) is 1. The quantitative estimate of drug-likeness (QED) is 0.308. The molecular formula is C31H35ClN2O4S. The molecule has 206 valence electrons. The maximum atomic E-state index is 13.7. The SMILES string of the molecule is CCOC(=O)C1CCCN(C(=O)c2ccc(/C=C3/SC4CCCCC4N(Cc4cccc(Cl)c4)C3=O)cc2)C1. The molecule has 2 heterocycles. The van der Waals surface area contributed by atoms with Crippen molar-refractivity contribution in [3.05, 3.63) is 75.1 Å². The number of fused-ring (bicyclic) bond motifs is 1. The Kier molecular flexibility index (Phi) is 8.98. The lowest BCUT2D eigenvalue weighted by Crippen LogP contribution is -2.50. The van der Waals surface area contributed by atoms with Crippen LogP contribution in [0.4, 0.5) is 0 Å². The average Bonchev–Trinajstić information content (AvgIpc) is 2.95. The second-order valence-corrected chi connectivity index (χ2v) is 12.3. The number of hydrogen-bond acceptors (Lipinski definition) is 5. The van der Waals surface area contributed by atoms with Crippen molar-refractivity contribution in [2.24, 2.45) is 5.92 Å². The van der Waals surface area contributed by atoms with E-state index in [1.165, 1.54) is 6.42 Å². The Bertz CT molecular complexity index is 1250. The topological polar surface area (TPSA) is 66.9 Å². The molecule has 5 rings (SSSR count). The first-order valence-electron chi connectivity index (χ1n) is 13.9. The van der Waals surface area contributed by atoms with Crippen LogP contribution in [0.5, 0.6) is 0 Å². The molecule has 3 unspecified atom stereocenters. The number of thioether (sulfide) groups is 1. The molecule has 3 atom stereocenters. The van der Waals surface area contributed by atoms with Gasteiger partial charge in [-0.25, -0.2) is 0 Å². The molecule has 0 aromatic heterocycles. The number of benzene rings is 2. The van der Waals surface area contributed by atoms with Gasteiger partial charge >= 0.3 is 5.97 Å². The molecule has 0 spiro atoms. The number of rotatable bonds is 6. The lowest BCUT2D eigenvalue weighted by atomic mass is 9.92. The van der Waals surface area contributed by atoms with Crippen LogP contribution >= 0.6 is 23.4 Å². The van der Waals surface area contributed by atoms with E-state index in [4.69, 9.17) is 16.3 Å². The number of hydrogen-bond donors (Lipinski definition) is 0. The van der Waals surface area contributed by atoms with Crippen LogP contribution in [0.2, 0.25) is 5.02 Å². The van der Waals surface area contributed by atoms with Crippen LogP contribution in [-0.4, -0.2) is 58.6 Å². The molecule has 2 aliphatic heterocycles. The Morgan fingerprint density at radius 3 is 2.64 bits per heavy atom. The van der Waals surface area contributed by atoms with Crippen molar-refractivity contribution in [2.45, 2.75) is 63.3 Å². The van der Waals surface area contributed by atoms with Gasteiger partial charge in [-0.3, -0.25) is 14.4 Å². The summed E-state index contributed by atoms with van der Waals surface area (Å²) in [5.41, 5.74) is 2.51. The van der Waals surface area contributed by atoms with Gasteiger partial charge in [0.25, 0.3) is 11.8 Å². The van der Waals surface area contributed by atoms with Crippen molar-refractivity contribution in [1.82, 2.24) is 9.80 Å². The molecule has 2 saturated heterocycles. The molecule has 39 heavy (non-hydrogen) atoms. The highest BCUT2D eigenvalue weighted by Crippen LogP contribution is 2.42. The number of amides is 2. The van der Waals surface area contributed by atoms with Crippen LogP contribution in [0.3, 0.4) is 0 Å². The van der Waals surface area contributed by atoms with Gasteiger partial charge in [-0.2, -0.15) is 0 Å². The predicted molar refractivity (Wildman–Crippen MR) is 155 cm³/mol. The molecule has 3 aliphatic rings. The van der Waals surface area contributed by atoms with E-state index in [2.05, 4.69) is 0 Å². The molecule has 2 aromatic carbocycles. The predicted octanol–water partition coefficient (Wildman–Crippen LogP) is 6.18. The van der Waals surface area contributed by atoms with Crippen LogP contribution < -0.4 is 0 Å². The highest BCUT2D eigenvalue weighted by atomic mass is 35.5. The van der Waals surface area contributed by atoms with E-state index in [0.717, 1.165) is 48.1 Å². The van der Waals surface area contributed by atoms with E-state index >= 15 is 0 Å². The van der Waals surface area contributed by atoms with E-state index in [9.17, 15) is 14.4 Å². The van der Waals surface area contributed by atoms with E-state index in [0.29, 0.717) is 42.1 Å². The van der Waals surface area contributed by atoms with Gasteiger partial charge in [0, 0.05) is 41.5 Å². The third-order valence-corrected chi connectivity index (χ3v) is 9.48. The van der Waals surface area contributed by atoms with Gasteiger partial charge in [0.2, 0.25) is 0 Å². The van der Waals surface area contributed by atoms with Crippen LogP contribution in [0.25, 0.3) is 6.08 Å². The van der Waals surface area contributed by atoms with E-state index in [-0.39, 0.29) is 29.7 Å². The van der Waals surface area contributed by atoms with Crippen LogP contribution in [0.15, 0.2) is 53.4 Å². The van der Waals surface area contributed by atoms with Crippen molar-refractivity contribution in [1.29, 1.82) is 0 Å². The van der Waals surface area contributed by atoms with Gasteiger partial charge in [-0.1, -0.05) is 48.7 Å². The first-order chi connectivity index (χ1) is 18.9. The summed E-state index contributed by atoms with van der Waals surface area (Å²) < 4.78 is 5.17. The van der Waals surface area contributed by atoms with E-state index in [1.807, 2.05) is 59.5 Å². The molecule has 1 saturated carbocycles. The summed E-state index contributed by atoms with van der Waals surface area (Å²) in [7, 11) is 0. The first-order valence-corrected chi connectivity index (χ1v) is 15.2. The van der Waals surface area contributed by atoms with Crippen LogP contribution in [0, 0.1) is 5.92 Å². The summed E-state index contributed by atoms with van der Waals surface area (Å²) in [6, 6.07) is 15.4. The molecule has 0 N–H and O–H groups in total. The molecule has 8 heteroatoms. The fourth-order valence-corrected chi connectivity index (χ4v) is 7.55. The molecule has 6 nitrogen and oxygen atoms in total. The summed E-state index contributed by atoms with van der Waals surface area (Å²) in [5.74, 6) is -0.513. The number of ether oxygens (including phenoxy) is 1. The lowest BCUT2D eigenvalue weighted by Gasteiger charge is -2.44. The zero-order valence-corrected chi connectivity index (χ0v) is 23.9. The number of halogens is 1. The molecule has 2 amide bonds. The zero-order valence-electron chi connectivity index (χ0n) is 22.3. The zero-order chi connectivity index (χ0) is 27.4. The fourth-order valence-electron chi connectivity index (χ4n) is 5.86. The smallest absolute Gasteiger partial charge is 0.310 e. The Morgan fingerprint density at radius 2 is 1.87 bits per heavy atom. The molecule has 1 aliphatic carbocycles. The molecule has 3 fully saturated rings. The van der Waals surface area contributed by atoms with Gasteiger partial charge in [0.1, 0.15) is 0 Å². The normalized spacial score (nSPS) is 24.4. The first kappa shape index (κ1) is 27.8. The van der Waals surface area contributed by atoms with Gasteiger partial charge < -0.3 is 14.5 Å². The summed E-state index contributed by atoms with van der Waals surface area (Å²) in [6.45, 7) is 3.72. The van der Waals surface area contributed by atoms with Crippen LogP contribution in [-0.2, 0) is 20.9 Å². The number of esters is 1. The second-order valence-electron chi connectivity index (χ2n) is 10.5. The Labute approximate surface area is 239 Å².